The Morgan fingerprint density at radius 1 is 1.25 bits per heavy atom. The van der Waals surface area contributed by atoms with Crippen molar-refractivity contribution in [3.05, 3.63) is 0 Å². The average Bonchev–Trinajstić information content (AvgIpc) is 2.32. The molecule has 1 N–H and O–H groups in total. The van der Waals surface area contributed by atoms with Crippen LogP contribution in [0.5, 0.6) is 0 Å². The van der Waals surface area contributed by atoms with Crippen LogP contribution >= 0.6 is 0 Å². The van der Waals surface area contributed by atoms with Gasteiger partial charge in [-0.3, -0.25) is 0 Å². The van der Waals surface area contributed by atoms with Crippen molar-refractivity contribution >= 4 is 5.71 Å². The third-order valence-electron chi connectivity index (χ3n) is 5.39. The molecule has 2 atom stereocenters. The van der Waals surface area contributed by atoms with Crippen LogP contribution in [0, 0.1) is 27.6 Å². The first-order valence-corrected chi connectivity index (χ1v) is 6.73. The Balaban J connectivity index is 3.34. The summed E-state index contributed by atoms with van der Waals surface area (Å²) in [5, 5.41) is 8.50. The molecule has 0 amide bonds. The number of hydrogen-bond donors (Lipinski definition) is 1. The van der Waals surface area contributed by atoms with E-state index >= 15 is 0 Å². The second-order valence-corrected chi connectivity index (χ2v) is 7.02. The molecule has 0 aromatic heterocycles. The van der Waals surface area contributed by atoms with E-state index in [1.54, 1.807) is 0 Å². The minimum atomic E-state index is 0.0840. The van der Waals surface area contributed by atoms with Gasteiger partial charge in [0.25, 0.3) is 0 Å². The van der Waals surface area contributed by atoms with Crippen LogP contribution < -0.4 is 0 Å². The maximum absolute atomic E-state index is 8.50. The smallest absolute Gasteiger partial charge is 0.0179 e. The molecule has 1 saturated carbocycles. The molecule has 0 heterocycles. The molecule has 1 heteroatoms. The topological polar surface area (TPSA) is 23.9 Å². The second kappa shape index (κ2) is 3.85. The standard InChI is InChI=1S/C15H29N/c1-8-11-10-12(16)15(9-2,13(3,4)5)14(11,6)7/h11,16H,8-10H2,1-7H3. The molecule has 1 rings (SSSR count). The number of hydrogen-bond acceptors (Lipinski definition) is 1. The van der Waals surface area contributed by atoms with Gasteiger partial charge in [-0.05, 0) is 29.6 Å². The first-order chi connectivity index (χ1) is 7.15. The van der Waals surface area contributed by atoms with E-state index in [0.29, 0.717) is 5.92 Å². The van der Waals surface area contributed by atoms with E-state index in [9.17, 15) is 0 Å². The highest BCUT2D eigenvalue weighted by molar-refractivity contribution is 5.91. The van der Waals surface area contributed by atoms with E-state index in [-0.39, 0.29) is 16.2 Å². The Labute approximate surface area is 102 Å². The maximum Gasteiger partial charge on any atom is 0.0179 e. The molecule has 1 fully saturated rings. The van der Waals surface area contributed by atoms with Crippen molar-refractivity contribution < 1.29 is 0 Å². The van der Waals surface area contributed by atoms with Crippen LogP contribution in [0.2, 0.25) is 0 Å². The summed E-state index contributed by atoms with van der Waals surface area (Å²) >= 11 is 0. The van der Waals surface area contributed by atoms with Gasteiger partial charge in [0.05, 0.1) is 0 Å². The average molecular weight is 223 g/mol. The van der Waals surface area contributed by atoms with Crippen molar-refractivity contribution in [1.82, 2.24) is 0 Å². The van der Waals surface area contributed by atoms with Crippen LogP contribution in [0.4, 0.5) is 0 Å². The Kier molecular flexibility index (Phi) is 3.31. The molecule has 16 heavy (non-hydrogen) atoms. The van der Waals surface area contributed by atoms with E-state index in [0.717, 1.165) is 18.6 Å². The molecule has 0 spiro atoms. The zero-order valence-corrected chi connectivity index (χ0v) is 12.2. The first-order valence-electron chi connectivity index (χ1n) is 6.73. The maximum atomic E-state index is 8.50. The minimum absolute atomic E-state index is 0.0840. The van der Waals surface area contributed by atoms with Crippen molar-refractivity contribution in [2.45, 2.75) is 67.7 Å². The van der Waals surface area contributed by atoms with Gasteiger partial charge in [-0.2, -0.15) is 0 Å². The molecule has 1 nitrogen and oxygen atoms in total. The van der Waals surface area contributed by atoms with Gasteiger partial charge >= 0.3 is 0 Å². The normalized spacial score (nSPS) is 34.4. The Bertz CT molecular complexity index is 282. The highest BCUT2D eigenvalue weighted by atomic mass is 14.7. The number of rotatable bonds is 2. The molecule has 0 radical (unpaired) electrons. The molecule has 1 aliphatic rings. The molecule has 94 valence electrons. The predicted octanol–water partition coefficient (Wildman–Crippen LogP) is 4.90. The van der Waals surface area contributed by atoms with Gasteiger partial charge in [0.2, 0.25) is 0 Å². The summed E-state index contributed by atoms with van der Waals surface area (Å²) in [5.74, 6) is 0.680. The summed E-state index contributed by atoms with van der Waals surface area (Å²) in [6, 6.07) is 0. The van der Waals surface area contributed by atoms with Crippen LogP contribution in [-0.2, 0) is 0 Å². The van der Waals surface area contributed by atoms with E-state index in [1.807, 2.05) is 0 Å². The van der Waals surface area contributed by atoms with Gasteiger partial charge in [0, 0.05) is 11.1 Å². The largest absolute Gasteiger partial charge is 0.309 e. The molecule has 0 aromatic carbocycles. The summed E-state index contributed by atoms with van der Waals surface area (Å²) in [6.45, 7) is 16.2. The summed E-state index contributed by atoms with van der Waals surface area (Å²) < 4.78 is 0. The highest BCUT2D eigenvalue weighted by Gasteiger charge is 2.61. The molecule has 1 aliphatic carbocycles. The van der Waals surface area contributed by atoms with E-state index in [4.69, 9.17) is 5.41 Å². The third kappa shape index (κ3) is 1.47. The van der Waals surface area contributed by atoms with Crippen molar-refractivity contribution in [2.75, 3.05) is 0 Å². The monoisotopic (exact) mass is 223 g/mol. The minimum Gasteiger partial charge on any atom is -0.309 e. The Morgan fingerprint density at radius 2 is 1.75 bits per heavy atom. The van der Waals surface area contributed by atoms with Gasteiger partial charge < -0.3 is 5.41 Å². The van der Waals surface area contributed by atoms with Crippen molar-refractivity contribution in [3.63, 3.8) is 0 Å². The van der Waals surface area contributed by atoms with Crippen LogP contribution in [-0.4, -0.2) is 5.71 Å². The lowest BCUT2D eigenvalue weighted by Crippen LogP contribution is -2.49. The molecule has 2 unspecified atom stereocenters. The lowest BCUT2D eigenvalue weighted by molar-refractivity contribution is 0.00348. The highest BCUT2D eigenvalue weighted by Crippen LogP contribution is 2.64. The Hall–Kier alpha value is -0.330. The van der Waals surface area contributed by atoms with Gasteiger partial charge in [-0.1, -0.05) is 54.9 Å². The Morgan fingerprint density at radius 3 is 1.94 bits per heavy atom. The lowest BCUT2D eigenvalue weighted by atomic mass is 9.51. The van der Waals surface area contributed by atoms with E-state index < -0.39 is 0 Å². The fraction of sp³-hybridized carbons (Fsp3) is 0.933. The number of nitrogens with one attached hydrogen (secondary N) is 1. The van der Waals surface area contributed by atoms with Crippen LogP contribution in [0.25, 0.3) is 0 Å². The quantitative estimate of drug-likeness (QED) is 0.688. The second-order valence-electron chi connectivity index (χ2n) is 7.02. The summed E-state index contributed by atoms with van der Waals surface area (Å²) in [6.07, 6.45) is 3.31. The molecule has 0 aromatic rings. The third-order valence-corrected chi connectivity index (χ3v) is 5.39. The van der Waals surface area contributed by atoms with Crippen molar-refractivity contribution in [2.24, 2.45) is 22.2 Å². The first kappa shape index (κ1) is 13.7. The van der Waals surface area contributed by atoms with Crippen LogP contribution in [0.15, 0.2) is 0 Å². The zero-order valence-electron chi connectivity index (χ0n) is 12.2. The summed E-state index contributed by atoms with van der Waals surface area (Å²) in [7, 11) is 0. The van der Waals surface area contributed by atoms with E-state index in [1.165, 1.54) is 6.42 Å². The van der Waals surface area contributed by atoms with Gasteiger partial charge in [-0.25, -0.2) is 0 Å². The molecular formula is C15H29N. The summed E-state index contributed by atoms with van der Waals surface area (Å²) in [4.78, 5) is 0. The van der Waals surface area contributed by atoms with Gasteiger partial charge in [0.1, 0.15) is 0 Å². The van der Waals surface area contributed by atoms with Crippen molar-refractivity contribution in [3.8, 4) is 0 Å². The molecule has 0 saturated heterocycles. The molecule has 0 aliphatic heterocycles. The van der Waals surface area contributed by atoms with Gasteiger partial charge in [-0.15, -0.1) is 0 Å². The van der Waals surface area contributed by atoms with Crippen molar-refractivity contribution in [1.29, 1.82) is 5.41 Å². The van der Waals surface area contributed by atoms with Crippen LogP contribution in [0.3, 0.4) is 0 Å². The predicted molar refractivity (Wildman–Crippen MR) is 72.1 cm³/mol. The fourth-order valence-corrected chi connectivity index (χ4v) is 4.69. The van der Waals surface area contributed by atoms with Crippen LogP contribution in [0.1, 0.15) is 67.7 Å². The fourth-order valence-electron chi connectivity index (χ4n) is 4.69. The summed E-state index contributed by atoms with van der Waals surface area (Å²) in [5.41, 5.74) is 1.53. The lowest BCUT2D eigenvalue weighted by Gasteiger charge is -2.52. The van der Waals surface area contributed by atoms with E-state index in [2.05, 4.69) is 48.5 Å². The molecular weight excluding hydrogens is 194 g/mol. The SMILES string of the molecule is CCC1CC(=N)C(CC)(C(C)(C)C)C1(C)C. The van der Waals surface area contributed by atoms with Gasteiger partial charge in [0.15, 0.2) is 0 Å². The zero-order chi connectivity index (χ0) is 12.8. The molecule has 0 bridgehead atoms.